The van der Waals surface area contributed by atoms with Gasteiger partial charge in [0, 0.05) is 37.7 Å². The molecule has 2 heterocycles. The highest BCUT2D eigenvalue weighted by Crippen LogP contribution is 2.27. The number of piperidine rings is 1. The molecule has 0 spiro atoms. The van der Waals surface area contributed by atoms with Gasteiger partial charge in [-0.3, -0.25) is 19.3 Å². The number of amides is 3. The van der Waals surface area contributed by atoms with Crippen molar-refractivity contribution in [1.82, 2.24) is 15.1 Å². The number of aliphatic carboxylic acids is 1. The standard InChI is InChI=1S/C29H35N3O6/c1-29(2,3)38-28(37)32-17-22-10-9-21(15-23(22)18-32)27(36)31-13-11-20(12-14-31)26(35)30-24(16-25(33)34)19-7-5-4-6-8-19/h4-10,15,20,24H,11-14,16-18H2,1-3H3,(H,30,35)(H,33,34)/t24-/m0/s1. The summed E-state index contributed by atoms with van der Waals surface area (Å²) < 4.78 is 5.47. The largest absolute Gasteiger partial charge is 0.481 e. The molecule has 0 saturated carbocycles. The van der Waals surface area contributed by atoms with Crippen LogP contribution in [-0.4, -0.2) is 57.5 Å². The first-order valence-electron chi connectivity index (χ1n) is 13.0. The number of carboxylic acid groups (broad SMARTS) is 1. The molecule has 0 radical (unpaired) electrons. The number of nitrogens with zero attached hydrogens (tertiary/aromatic N) is 2. The highest BCUT2D eigenvalue weighted by Gasteiger charge is 2.31. The van der Waals surface area contributed by atoms with Gasteiger partial charge in [0.25, 0.3) is 5.91 Å². The molecule has 9 nitrogen and oxygen atoms in total. The molecule has 2 N–H and O–H groups in total. The maximum atomic E-state index is 13.2. The molecule has 1 saturated heterocycles. The number of nitrogens with one attached hydrogen (secondary N) is 1. The Morgan fingerprint density at radius 2 is 1.63 bits per heavy atom. The molecule has 202 valence electrons. The molecule has 0 bridgehead atoms. The zero-order valence-corrected chi connectivity index (χ0v) is 22.1. The number of carbonyl (C=O) groups is 4. The van der Waals surface area contributed by atoms with E-state index < -0.39 is 17.6 Å². The van der Waals surface area contributed by atoms with Crippen molar-refractivity contribution in [1.29, 1.82) is 0 Å². The van der Waals surface area contributed by atoms with Crippen LogP contribution in [0.5, 0.6) is 0 Å². The van der Waals surface area contributed by atoms with E-state index in [1.165, 1.54) is 0 Å². The molecule has 38 heavy (non-hydrogen) atoms. The molecule has 2 aromatic carbocycles. The number of benzene rings is 2. The third-order valence-electron chi connectivity index (χ3n) is 6.88. The minimum atomic E-state index is -0.983. The van der Waals surface area contributed by atoms with Crippen molar-refractivity contribution in [3.05, 3.63) is 70.8 Å². The van der Waals surface area contributed by atoms with E-state index in [0.29, 0.717) is 44.6 Å². The minimum absolute atomic E-state index is 0.101. The lowest BCUT2D eigenvalue weighted by Crippen LogP contribution is -2.44. The van der Waals surface area contributed by atoms with Gasteiger partial charge in [0.1, 0.15) is 5.60 Å². The second-order valence-electron chi connectivity index (χ2n) is 11.0. The first-order chi connectivity index (χ1) is 18.0. The summed E-state index contributed by atoms with van der Waals surface area (Å²) in [5.41, 5.74) is 2.66. The summed E-state index contributed by atoms with van der Waals surface area (Å²) in [7, 11) is 0. The van der Waals surface area contributed by atoms with Crippen LogP contribution in [0.3, 0.4) is 0 Å². The average molecular weight is 522 g/mol. The Bertz CT molecular complexity index is 1200. The number of ether oxygens (including phenoxy) is 1. The smallest absolute Gasteiger partial charge is 0.410 e. The molecule has 1 fully saturated rings. The van der Waals surface area contributed by atoms with Crippen LogP contribution in [0.2, 0.25) is 0 Å². The summed E-state index contributed by atoms with van der Waals surface area (Å²) >= 11 is 0. The number of fused-ring (bicyclic) bond motifs is 1. The van der Waals surface area contributed by atoms with Crippen molar-refractivity contribution in [2.75, 3.05) is 13.1 Å². The highest BCUT2D eigenvalue weighted by atomic mass is 16.6. The van der Waals surface area contributed by atoms with Crippen molar-refractivity contribution in [3.63, 3.8) is 0 Å². The number of rotatable bonds is 6. The predicted octanol–water partition coefficient (Wildman–Crippen LogP) is 4.12. The van der Waals surface area contributed by atoms with Gasteiger partial charge < -0.3 is 20.1 Å². The summed E-state index contributed by atoms with van der Waals surface area (Å²) in [6.07, 6.45) is 0.434. The van der Waals surface area contributed by atoms with E-state index in [0.717, 1.165) is 16.7 Å². The molecule has 2 aliphatic rings. The number of hydrogen-bond donors (Lipinski definition) is 2. The molecule has 1 atom stereocenters. The summed E-state index contributed by atoms with van der Waals surface area (Å²) in [6, 6.07) is 14.0. The fraction of sp³-hybridized carbons (Fsp3) is 0.448. The molecular weight excluding hydrogens is 486 g/mol. The van der Waals surface area contributed by atoms with Gasteiger partial charge in [-0.25, -0.2) is 4.79 Å². The monoisotopic (exact) mass is 521 g/mol. The van der Waals surface area contributed by atoms with Crippen LogP contribution in [0.15, 0.2) is 48.5 Å². The quantitative estimate of drug-likeness (QED) is 0.591. The molecule has 3 amide bonds. The lowest BCUT2D eigenvalue weighted by molar-refractivity contribution is -0.138. The Labute approximate surface area is 222 Å². The fourth-order valence-corrected chi connectivity index (χ4v) is 4.91. The SMILES string of the molecule is CC(C)(C)OC(=O)N1Cc2ccc(C(=O)N3CCC(C(=O)N[C@@H](CC(=O)O)c4ccccc4)CC3)cc2C1. The summed E-state index contributed by atoms with van der Waals surface area (Å²) in [5, 5.41) is 12.2. The molecule has 0 aromatic heterocycles. The second-order valence-corrected chi connectivity index (χ2v) is 11.0. The maximum Gasteiger partial charge on any atom is 0.410 e. The average Bonchev–Trinajstić information content (AvgIpc) is 3.31. The Balaban J connectivity index is 1.33. The highest BCUT2D eigenvalue weighted by molar-refractivity contribution is 5.95. The van der Waals surface area contributed by atoms with Crippen molar-refractivity contribution < 1.29 is 29.0 Å². The number of carbonyl (C=O) groups excluding carboxylic acids is 3. The maximum absolute atomic E-state index is 13.2. The van der Waals surface area contributed by atoms with Crippen LogP contribution >= 0.6 is 0 Å². The van der Waals surface area contributed by atoms with E-state index in [1.54, 1.807) is 28.0 Å². The van der Waals surface area contributed by atoms with Crippen LogP contribution in [0.1, 0.15) is 73.1 Å². The topological polar surface area (TPSA) is 116 Å². The van der Waals surface area contributed by atoms with Crippen molar-refractivity contribution in [2.45, 2.75) is 64.8 Å². The molecular formula is C29H35N3O6. The third kappa shape index (κ3) is 6.70. The number of likely N-dealkylation sites (tertiary alicyclic amines) is 1. The molecule has 4 rings (SSSR count). The van der Waals surface area contributed by atoms with Crippen LogP contribution < -0.4 is 5.32 Å². The van der Waals surface area contributed by atoms with E-state index in [-0.39, 0.29) is 30.2 Å². The van der Waals surface area contributed by atoms with Crippen molar-refractivity contribution in [3.8, 4) is 0 Å². The van der Waals surface area contributed by atoms with E-state index in [1.807, 2.05) is 51.1 Å². The fourth-order valence-electron chi connectivity index (χ4n) is 4.91. The third-order valence-corrected chi connectivity index (χ3v) is 6.88. The zero-order chi connectivity index (χ0) is 27.4. The Kier molecular flexibility index (Phi) is 8.04. The summed E-state index contributed by atoms with van der Waals surface area (Å²) in [6.45, 7) is 7.21. The first-order valence-corrected chi connectivity index (χ1v) is 13.0. The van der Waals surface area contributed by atoms with Crippen molar-refractivity contribution >= 4 is 23.9 Å². The van der Waals surface area contributed by atoms with Gasteiger partial charge in [-0.05, 0) is 62.4 Å². The van der Waals surface area contributed by atoms with Gasteiger partial charge in [0.05, 0.1) is 12.5 Å². The summed E-state index contributed by atoms with van der Waals surface area (Å²) in [5.74, 6) is -1.56. The van der Waals surface area contributed by atoms with E-state index >= 15 is 0 Å². The number of carboxylic acids is 1. The van der Waals surface area contributed by atoms with Crippen LogP contribution in [0, 0.1) is 5.92 Å². The van der Waals surface area contributed by atoms with Gasteiger partial charge >= 0.3 is 12.1 Å². The van der Waals surface area contributed by atoms with Crippen molar-refractivity contribution in [2.24, 2.45) is 5.92 Å². The van der Waals surface area contributed by atoms with Gasteiger partial charge in [-0.1, -0.05) is 36.4 Å². The predicted molar refractivity (Wildman–Crippen MR) is 140 cm³/mol. The normalized spacial score (nSPS) is 16.5. The zero-order valence-electron chi connectivity index (χ0n) is 22.1. The van der Waals surface area contributed by atoms with Gasteiger partial charge in [-0.2, -0.15) is 0 Å². The van der Waals surface area contributed by atoms with Gasteiger partial charge in [0.15, 0.2) is 0 Å². The Morgan fingerprint density at radius 3 is 2.26 bits per heavy atom. The molecule has 9 heteroatoms. The number of hydrogen-bond acceptors (Lipinski definition) is 5. The molecule has 2 aliphatic heterocycles. The van der Waals surface area contributed by atoms with Crippen LogP contribution in [0.4, 0.5) is 4.79 Å². The van der Waals surface area contributed by atoms with Gasteiger partial charge in [0.2, 0.25) is 5.91 Å². The van der Waals surface area contributed by atoms with E-state index in [2.05, 4.69) is 5.32 Å². The molecule has 0 aliphatic carbocycles. The first kappa shape index (κ1) is 27.2. The molecule has 0 unspecified atom stereocenters. The van der Waals surface area contributed by atoms with Gasteiger partial charge in [-0.15, -0.1) is 0 Å². The van der Waals surface area contributed by atoms with Crippen LogP contribution in [0.25, 0.3) is 0 Å². The van der Waals surface area contributed by atoms with E-state index in [4.69, 9.17) is 4.74 Å². The van der Waals surface area contributed by atoms with Crippen LogP contribution in [-0.2, 0) is 27.4 Å². The Hall–Kier alpha value is -3.88. The summed E-state index contributed by atoms with van der Waals surface area (Å²) in [4.78, 5) is 53.4. The lowest BCUT2D eigenvalue weighted by atomic mass is 9.94. The van der Waals surface area contributed by atoms with E-state index in [9.17, 15) is 24.3 Å². The minimum Gasteiger partial charge on any atom is -0.481 e. The Morgan fingerprint density at radius 1 is 0.974 bits per heavy atom. The second kappa shape index (κ2) is 11.2. The molecule has 2 aromatic rings. The lowest BCUT2D eigenvalue weighted by Gasteiger charge is -2.32.